The molecule has 0 atom stereocenters. The third-order valence-corrected chi connectivity index (χ3v) is 11.2. The first kappa shape index (κ1) is 30.8. The van der Waals surface area contributed by atoms with Crippen molar-refractivity contribution in [2.24, 2.45) is 0 Å². The highest BCUT2D eigenvalue weighted by Gasteiger charge is 2.60. The van der Waals surface area contributed by atoms with Gasteiger partial charge in [-0.05, 0) is 57.6 Å². The van der Waals surface area contributed by atoms with E-state index in [4.69, 9.17) is 28.8 Å². The molecular formula is C50H29N3O3. The second-order valence-electron chi connectivity index (χ2n) is 14.3. The smallest absolute Gasteiger partial charge is 0.179 e. The van der Waals surface area contributed by atoms with Crippen LogP contribution in [0.4, 0.5) is 0 Å². The molecule has 262 valence electrons. The summed E-state index contributed by atoms with van der Waals surface area (Å²) in [5.41, 5.74) is 10.3. The molecule has 0 radical (unpaired) electrons. The van der Waals surface area contributed by atoms with Crippen LogP contribution >= 0.6 is 0 Å². The number of rotatable bonds is 4. The number of para-hydroxylation sites is 2. The van der Waals surface area contributed by atoms with Crippen molar-refractivity contribution in [2.75, 3.05) is 0 Å². The Morgan fingerprint density at radius 3 is 1.50 bits per heavy atom. The standard InChI is InChI=1S/C50H29N3O3/c1-3-13-31(14-4-1)47-51-48(32-15-5-2-6-16-32)53-49(52-47)33-25-23-30(24-26-33)34-27-28-40-37(29-34)43-44-46(56-42-22-12-11-21-41(42)54-44)50(45(43)55-40)38-19-9-7-17-35(38)36-18-8-10-20-39(36)50/h1-29H. The predicted molar refractivity (Wildman–Crippen MR) is 218 cm³/mol. The summed E-state index contributed by atoms with van der Waals surface area (Å²) in [4.78, 5) is 14.7. The van der Waals surface area contributed by atoms with E-state index >= 15 is 0 Å². The number of allylic oxidation sites excluding steroid dienone is 1. The van der Waals surface area contributed by atoms with E-state index in [1.807, 2.05) is 84.9 Å². The van der Waals surface area contributed by atoms with E-state index in [-0.39, 0.29) is 0 Å². The van der Waals surface area contributed by atoms with Crippen molar-refractivity contribution in [1.29, 1.82) is 0 Å². The average molecular weight is 720 g/mol. The lowest BCUT2D eigenvalue weighted by Gasteiger charge is -2.31. The van der Waals surface area contributed by atoms with Crippen molar-refractivity contribution in [3.63, 3.8) is 0 Å². The van der Waals surface area contributed by atoms with Crippen LogP contribution in [0, 0.1) is 0 Å². The Labute approximate surface area is 322 Å². The zero-order chi connectivity index (χ0) is 36.8. The van der Waals surface area contributed by atoms with E-state index in [1.165, 1.54) is 0 Å². The summed E-state index contributed by atoms with van der Waals surface area (Å²) in [5.74, 6) is 5.49. The molecule has 1 aliphatic heterocycles. The number of aromatic nitrogens is 3. The van der Waals surface area contributed by atoms with Gasteiger partial charge in [0.05, 0.1) is 5.56 Å². The van der Waals surface area contributed by atoms with Crippen molar-refractivity contribution >= 4 is 16.7 Å². The van der Waals surface area contributed by atoms with Crippen LogP contribution < -0.4 is 9.47 Å². The van der Waals surface area contributed by atoms with Crippen molar-refractivity contribution in [3.8, 4) is 67.9 Å². The molecule has 0 saturated heterocycles. The molecule has 0 saturated carbocycles. The summed E-state index contributed by atoms with van der Waals surface area (Å²) in [7, 11) is 0. The molecule has 7 aromatic carbocycles. The molecule has 1 spiro atoms. The molecule has 0 unspecified atom stereocenters. The van der Waals surface area contributed by atoms with Gasteiger partial charge in [0.25, 0.3) is 0 Å². The first-order valence-corrected chi connectivity index (χ1v) is 18.7. The second-order valence-corrected chi connectivity index (χ2v) is 14.3. The first-order valence-electron chi connectivity index (χ1n) is 18.7. The van der Waals surface area contributed by atoms with Crippen LogP contribution in [0.3, 0.4) is 0 Å². The molecule has 0 N–H and O–H groups in total. The monoisotopic (exact) mass is 719 g/mol. The molecule has 2 aromatic heterocycles. The van der Waals surface area contributed by atoms with E-state index < -0.39 is 5.41 Å². The van der Waals surface area contributed by atoms with Gasteiger partial charge < -0.3 is 13.9 Å². The average Bonchev–Trinajstić information content (AvgIpc) is 3.89. The summed E-state index contributed by atoms with van der Waals surface area (Å²) in [6.45, 7) is 0. The molecule has 9 aromatic rings. The minimum absolute atomic E-state index is 0.615. The molecular weight excluding hydrogens is 691 g/mol. The number of ether oxygens (including phenoxy) is 2. The van der Waals surface area contributed by atoms with E-state index in [0.717, 1.165) is 78.1 Å². The topological polar surface area (TPSA) is 70.3 Å². The molecule has 3 aliphatic rings. The van der Waals surface area contributed by atoms with Gasteiger partial charge >= 0.3 is 0 Å². The highest BCUT2D eigenvalue weighted by atomic mass is 16.6. The number of hydrogen-bond donors (Lipinski definition) is 0. The maximum atomic E-state index is 6.99. The zero-order valence-electron chi connectivity index (χ0n) is 29.8. The Hall–Kier alpha value is -7.57. The van der Waals surface area contributed by atoms with Gasteiger partial charge in [0.2, 0.25) is 0 Å². The van der Waals surface area contributed by atoms with Gasteiger partial charge in [-0.25, -0.2) is 15.0 Å². The second kappa shape index (κ2) is 11.7. The molecule has 3 heterocycles. The quantitative estimate of drug-likeness (QED) is 0.180. The van der Waals surface area contributed by atoms with Crippen molar-refractivity contribution in [1.82, 2.24) is 15.0 Å². The predicted octanol–water partition coefficient (Wildman–Crippen LogP) is 11.8. The van der Waals surface area contributed by atoms with Gasteiger partial charge in [-0.2, -0.15) is 0 Å². The minimum atomic E-state index is -0.812. The van der Waals surface area contributed by atoms with E-state index in [0.29, 0.717) is 34.7 Å². The van der Waals surface area contributed by atoms with Crippen LogP contribution in [0.5, 0.6) is 11.5 Å². The Kier molecular flexibility index (Phi) is 6.45. The van der Waals surface area contributed by atoms with Gasteiger partial charge in [0.1, 0.15) is 16.8 Å². The third-order valence-electron chi connectivity index (χ3n) is 11.2. The molecule has 0 bridgehead atoms. The number of furan rings is 1. The summed E-state index contributed by atoms with van der Waals surface area (Å²) in [6.07, 6.45) is 0. The van der Waals surface area contributed by atoms with Gasteiger partial charge in [-0.3, -0.25) is 0 Å². The number of nitrogens with zero attached hydrogens (tertiary/aromatic N) is 3. The number of hydrogen-bond acceptors (Lipinski definition) is 6. The molecule has 2 aliphatic carbocycles. The van der Waals surface area contributed by atoms with Crippen LogP contribution in [-0.4, -0.2) is 15.0 Å². The molecule has 0 fully saturated rings. The lowest BCUT2D eigenvalue weighted by atomic mass is 9.76. The third kappa shape index (κ3) is 4.35. The van der Waals surface area contributed by atoms with Gasteiger partial charge in [-0.1, -0.05) is 152 Å². The fourth-order valence-corrected chi connectivity index (χ4v) is 8.69. The van der Waals surface area contributed by atoms with Gasteiger partial charge in [0.15, 0.2) is 40.5 Å². The summed E-state index contributed by atoms with van der Waals surface area (Å²) in [6, 6.07) is 59.8. The molecule has 6 nitrogen and oxygen atoms in total. The zero-order valence-corrected chi connectivity index (χ0v) is 29.8. The summed E-state index contributed by atoms with van der Waals surface area (Å²) in [5, 5.41) is 0.966. The molecule has 56 heavy (non-hydrogen) atoms. The highest BCUT2D eigenvalue weighted by Crippen LogP contribution is 2.65. The van der Waals surface area contributed by atoms with Crippen molar-refractivity contribution in [3.05, 3.63) is 204 Å². The lowest BCUT2D eigenvalue weighted by Crippen LogP contribution is -2.30. The number of fused-ring (bicyclic) bond motifs is 12. The van der Waals surface area contributed by atoms with Crippen LogP contribution in [0.2, 0.25) is 0 Å². The molecule has 12 rings (SSSR count). The normalized spacial score (nSPS) is 14.1. The van der Waals surface area contributed by atoms with Crippen LogP contribution in [0.15, 0.2) is 186 Å². The Bertz CT molecular complexity index is 2970. The Balaban J connectivity index is 0.998. The Morgan fingerprint density at radius 1 is 0.411 bits per heavy atom. The van der Waals surface area contributed by atoms with Crippen LogP contribution in [0.25, 0.3) is 73.1 Å². The van der Waals surface area contributed by atoms with Gasteiger partial charge in [-0.15, -0.1) is 0 Å². The fourth-order valence-electron chi connectivity index (χ4n) is 8.69. The van der Waals surface area contributed by atoms with Crippen LogP contribution in [-0.2, 0) is 5.41 Å². The lowest BCUT2D eigenvalue weighted by molar-refractivity contribution is 0.306. The minimum Gasteiger partial charge on any atom is -0.458 e. The first-order chi connectivity index (χ1) is 27.7. The van der Waals surface area contributed by atoms with Crippen molar-refractivity contribution < 1.29 is 13.9 Å². The molecule has 0 amide bonds. The largest absolute Gasteiger partial charge is 0.458 e. The van der Waals surface area contributed by atoms with E-state index in [2.05, 4.69) is 91.0 Å². The van der Waals surface area contributed by atoms with Gasteiger partial charge in [0, 0.05) is 22.1 Å². The maximum absolute atomic E-state index is 6.99. The number of benzene rings is 7. The summed E-state index contributed by atoms with van der Waals surface area (Å²) >= 11 is 0. The molecule has 6 heteroatoms. The van der Waals surface area contributed by atoms with E-state index in [1.54, 1.807) is 0 Å². The maximum Gasteiger partial charge on any atom is 0.179 e. The van der Waals surface area contributed by atoms with Crippen molar-refractivity contribution in [2.45, 2.75) is 5.41 Å². The SMILES string of the molecule is c1ccc(-c2nc(-c3ccccc3)nc(-c3ccc(-c4ccc5oc6c(c5c4)C4=C(Oc5ccccc5O4)C64c5ccccc5-c5ccccc54)cc3)n2)cc1. The highest BCUT2D eigenvalue weighted by molar-refractivity contribution is 6.02. The van der Waals surface area contributed by atoms with E-state index in [9.17, 15) is 0 Å². The fraction of sp³-hybridized carbons (Fsp3) is 0.0200. The van der Waals surface area contributed by atoms with Crippen LogP contribution in [0.1, 0.15) is 22.5 Å². The Morgan fingerprint density at radius 2 is 0.893 bits per heavy atom. The summed E-state index contributed by atoms with van der Waals surface area (Å²) < 4.78 is 20.7.